The molecule has 0 unspecified atom stereocenters. The normalized spacial score (nSPS) is 15.2. The minimum Gasteiger partial charge on any atom is -0.469 e. The molecule has 2 aromatic rings. The smallest absolute Gasteiger partial charge is 0.274 e. The molecule has 1 aliphatic rings. The molecule has 140 valence electrons. The number of hydrogen-bond acceptors (Lipinski definition) is 5. The van der Waals surface area contributed by atoms with Gasteiger partial charge in [0.15, 0.2) is 0 Å². The van der Waals surface area contributed by atoms with Crippen LogP contribution in [0.4, 0.5) is 0 Å². The lowest BCUT2D eigenvalue weighted by atomic mass is 10.2. The first-order valence-electron chi connectivity index (χ1n) is 8.62. The van der Waals surface area contributed by atoms with Crippen molar-refractivity contribution in [1.29, 1.82) is 0 Å². The molecule has 1 aromatic heterocycles. The molecule has 26 heavy (non-hydrogen) atoms. The highest BCUT2D eigenvalue weighted by molar-refractivity contribution is 7.89. The maximum atomic E-state index is 12.5. The fraction of sp³-hybridized carbons (Fsp3) is 0.389. The van der Waals surface area contributed by atoms with Crippen LogP contribution in [0, 0.1) is 0 Å². The van der Waals surface area contributed by atoms with Gasteiger partial charge in [0.05, 0.1) is 17.8 Å². The number of furan rings is 1. The van der Waals surface area contributed by atoms with Crippen molar-refractivity contribution in [2.45, 2.75) is 30.6 Å². The highest BCUT2D eigenvalue weighted by Gasteiger charge is 2.27. The maximum Gasteiger partial charge on any atom is 0.274 e. The summed E-state index contributed by atoms with van der Waals surface area (Å²) in [6.45, 7) is 1.46. The van der Waals surface area contributed by atoms with Gasteiger partial charge in [-0.3, -0.25) is 9.63 Å². The van der Waals surface area contributed by atoms with Crippen molar-refractivity contribution >= 4 is 15.9 Å². The average molecular weight is 378 g/mol. The largest absolute Gasteiger partial charge is 0.469 e. The van der Waals surface area contributed by atoms with E-state index in [1.807, 2.05) is 12.1 Å². The summed E-state index contributed by atoms with van der Waals surface area (Å²) in [6.07, 6.45) is 4.83. The van der Waals surface area contributed by atoms with E-state index in [-0.39, 0.29) is 4.90 Å². The van der Waals surface area contributed by atoms with E-state index in [0.717, 1.165) is 25.0 Å². The third-order valence-corrected chi connectivity index (χ3v) is 6.15. The Morgan fingerprint density at radius 3 is 2.54 bits per heavy atom. The number of carbonyl (C=O) groups is 1. The van der Waals surface area contributed by atoms with Gasteiger partial charge < -0.3 is 4.42 Å². The Hall–Kier alpha value is -2.16. The lowest BCUT2D eigenvalue weighted by Gasteiger charge is -2.15. The number of rotatable bonds is 8. The molecule has 1 N–H and O–H groups in total. The van der Waals surface area contributed by atoms with Gasteiger partial charge in [-0.25, -0.2) is 13.9 Å². The Balaban J connectivity index is 1.47. The zero-order valence-electron chi connectivity index (χ0n) is 14.4. The maximum absolute atomic E-state index is 12.5. The van der Waals surface area contributed by atoms with Crippen molar-refractivity contribution in [2.75, 3.05) is 19.7 Å². The number of carbonyl (C=O) groups excluding carboxylic acids is 1. The van der Waals surface area contributed by atoms with E-state index in [1.54, 1.807) is 6.26 Å². The van der Waals surface area contributed by atoms with Gasteiger partial charge in [-0.1, -0.05) is 0 Å². The van der Waals surface area contributed by atoms with Gasteiger partial charge in [0.2, 0.25) is 10.0 Å². The Bertz CT molecular complexity index is 810. The second-order valence-electron chi connectivity index (χ2n) is 6.10. The van der Waals surface area contributed by atoms with Crippen LogP contribution in [0.15, 0.2) is 52.0 Å². The molecule has 0 aliphatic carbocycles. The molecule has 2 heterocycles. The summed E-state index contributed by atoms with van der Waals surface area (Å²) in [4.78, 5) is 17.4. The zero-order chi connectivity index (χ0) is 18.4. The van der Waals surface area contributed by atoms with E-state index in [9.17, 15) is 13.2 Å². The predicted molar refractivity (Wildman–Crippen MR) is 94.9 cm³/mol. The number of benzene rings is 1. The highest BCUT2D eigenvalue weighted by atomic mass is 32.2. The molecule has 1 amide bonds. The van der Waals surface area contributed by atoms with Gasteiger partial charge in [-0.05, 0) is 55.7 Å². The van der Waals surface area contributed by atoms with Crippen LogP contribution in [0.1, 0.15) is 35.4 Å². The molecule has 0 bridgehead atoms. The number of sulfonamides is 1. The fourth-order valence-corrected chi connectivity index (χ4v) is 4.32. The molecule has 8 heteroatoms. The van der Waals surface area contributed by atoms with Crippen molar-refractivity contribution in [3.63, 3.8) is 0 Å². The molecule has 3 rings (SSSR count). The topological polar surface area (TPSA) is 88.8 Å². The van der Waals surface area contributed by atoms with Crippen LogP contribution in [0.2, 0.25) is 0 Å². The number of nitrogens with zero attached hydrogens (tertiary/aromatic N) is 1. The van der Waals surface area contributed by atoms with E-state index in [2.05, 4.69) is 5.48 Å². The standard InChI is InChI=1S/C18H22N2O5S/c21-18(19-25-14-4-6-16-5-3-13-24-16)15-7-9-17(10-8-15)26(22,23)20-11-1-2-12-20/h3,5,7-10,13H,1-2,4,6,11-12,14H2,(H,19,21). The third kappa shape index (κ3) is 4.51. The molecule has 0 radical (unpaired) electrons. The summed E-state index contributed by atoms with van der Waals surface area (Å²) in [5, 5.41) is 0. The molecular formula is C18H22N2O5S. The fourth-order valence-electron chi connectivity index (χ4n) is 2.80. The Labute approximate surface area is 152 Å². The first kappa shape index (κ1) is 18.6. The summed E-state index contributed by atoms with van der Waals surface area (Å²) < 4.78 is 31.6. The molecule has 1 fully saturated rings. The van der Waals surface area contributed by atoms with Crippen LogP contribution in [0.3, 0.4) is 0 Å². The van der Waals surface area contributed by atoms with Crippen LogP contribution in [-0.4, -0.2) is 38.3 Å². The van der Waals surface area contributed by atoms with Gasteiger partial charge >= 0.3 is 0 Å². The van der Waals surface area contributed by atoms with Crippen molar-refractivity contribution in [1.82, 2.24) is 9.79 Å². The zero-order valence-corrected chi connectivity index (χ0v) is 15.2. The summed E-state index contributed by atoms with van der Waals surface area (Å²) in [6, 6.07) is 9.61. The first-order chi connectivity index (χ1) is 12.6. The predicted octanol–water partition coefficient (Wildman–Crippen LogP) is 2.36. The van der Waals surface area contributed by atoms with E-state index in [0.29, 0.717) is 31.7 Å². The summed E-state index contributed by atoms with van der Waals surface area (Å²) in [5.41, 5.74) is 2.71. The van der Waals surface area contributed by atoms with Crippen LogP contribution in [0.25, 0.3) is 0 Å². The first-order valence-corrected chi connectivity index (χ1v) is 10.1. The number of amides is 1. The van der Waals surface area contributed by atoms with Gasteiger partial charge in [0.1, 0.15) is 5.76 Å². The van der Waals surface area contributed by atoms with Crippen molar-refractivity contribution < 1.29 is 22.5 Å². The second-order valence-corrected chi connectivity index (χ2v) is 8.04. The molecule has 7 nitrogen and oxygen atoms in total. The minimum absolute atomic E-state index is 0.204. The molecule has 0 atom stereocenters. The van der Waals surface area contributed by atoms with E-state index in [4.69, 9.17) is 9.25 Å². The highest BCUT2D eigenvalue weighted by Crippen LogP contribution is 2.21. The lowest BCUT2D eigenvalue weighted by molar-refractivity contribution is 0.0301. The van der Waals surface area contributed by atoms with Crippen molar-refractivity contribution in [3.8, 4) is 0 Å². The summed E-state index contributed by atoms with van der Waals surface area (Å²) in [7, 11) is -3.47. The second kappa shape index (κ2) is 8.48. The lowest BCUT2D eigenvalue weighted by Crippen LogP contribution is -2.28. The van der Waals surface area contributed by atoms with Crippen LogP contribution in [0.5, 0.6) is 0 Å². The Kier molecular flexibility index (Phi) is 6.08. The SMILES string of the molecule is O=C(NOCCCc1ccco1)c1ccc(S(=O)(=O)N2CCCC2)cc1. The molecule has 1 saturated heterocycles. The van der Waals surface area contributed by atoms with Crippen molar-refractivity contribution in [2.24, 2.45) is 0 Å². The molecule has 1 aliphatic heterocycles. The number of aryl methyl sites for hydroxylation is 1. The van der Waals surface area contributed by atoms with Gasteiger partial charge in [0.25, 0.3) is 5.91 Å². The van der Waals surface area contributed by atoms with Gasteiger partial charge in [0, 0.05) is 25.1 Å². The van der Waals surface area contributed by atoms with Crippen LogP contribution >= 0.6 is 0 Å². The molecule has 1 aromatic carbocycles. The number of nitrogens with one attached hydrogen (secondary N) is 1. The monoisotopic (exact) mass is 378 g/mol. The summed E-state index contributed by atoms with van der Waals surface area (Å²) >= 11 is 0. The average Bonchev–Trinajstić information content (AvgIpc) is 3.35. The Morgan fingerprint density at radius 1 is 1.15 bits per heavy atom. The summed E-state index contributed by atoms with van der Waals surface area (Å²) in [5.74, 6) is 0.461. The number of hydroxylamine groups is 1. The molecular weight excluding hydrogens is 356 g/mol. The van der Waals surface area contributed by atoms with E-state index < -0.39 is 15.9 Å². The molecule has 0 spiro atoms. The van der Waals surface area contributed by atoms with Gasteiger partial charge in [-0.2, -0.15) is 4.31 Å². The van der Waals surface area contributed by atoms with Crippen LogP contribution in [-0.2, 0) is 21.3 Å². The minimum atomic E-state index is -3.47. The van der Waals surface area contributed by atoms with Crippen LogP contribution < -0.4 is 5.48 Å². The van der Waals surface area contributed by atoms with Gasteiger partial charge in [-0.15, -0.1) is 0 Å². The Morgan fingerprint density at radius 2 is 1.88 bits per heavy atom. The van der Waals surface area contributed by atoms with E-state index >= 15 is 0 Å². The number of hydrogen-bond donors (Lipinski definition) is 1. The molecule has 0 saturated carbocycles. The third-order valence-electron chi connectivity index (χ3n) is 4.23. The van der Waals surface area contributed by atoms with Crippen molar-refractivity contribution in [3.05, 3.63) is 54.0 Å². The van der Waals surface area contributed by atoms with E-state index in [1.165, 1.54) is 28.6 Å². The quantitative estimate of drug-likeness (QED) is 0.563.